The van der Waals surface area contributed by atoms with Gasteiger partial charge in [-0.15, -0.1) is 0 Å². The van der Waals surface area contributed by atoms with Crippen molar-refractivity contribution in [1.82, 2.24) is 0 Å². The number of benzene rings is 2. The molecule has 19 heavy (non-hydrogen) atoms. The predicted octanol–water partition coefficient (Wildman–Crippen LogP) is 3.87. The van der Waals surface area contributed by atoms with Crippen molar-refractivity contribution < 1.29 is 9.13 Å². The van der Waals surface area contributed by atoms with Crippen LogP contribution >= 0.6 is 12.2 Å². The Kier molecular flexibility index (Phi) is 3.81. The number of ether oxygens (including phenoxy) is 1. The summed E-state index contributed by atoms with van der Waals surface area (Å²) in [5.74, 6) is 0.356. The van der Waals surface area contributed by atoms with Crippen LogP contribution in [0.4, 0.5) is 4.39 Å². The molecule has 0 aliphatic carbocycles. The van der Waals surface area contributed by atoms with Gasteiger partial charge in [0, 0.05) is 5.56 Å². The molecule has 0 aliphatic heterocycles. The lowest BCUT2D eigenvalue weighted by atomic mass is 10.1. The van der Waals surface area contributed by atoms with E-state index in [1.165, 1.54) is 12.1 Å². The van der Waals surface area contributed by atoms with Crippen LogP contribution in [0.3, 0.4) is 0 Å². The summed E-state index contributed by atoms with van der Waals surface area (Å²) in [5.41, 5.74) is 7.86. The summed E-state index contributed by atoms with van der Waals surface area (Å²) in [7, 11) is 0. The number of para-hydroxylation sites is 1. The Bertz CT molecular complexity index is 620. The van der Waals surface area contributed by atoms with Gasteiger partial charge in [0.05, 0.1) is 0 Å². The number of halogens is 1. The average molecular weight is 275 g/mol. The van der Waals surface area contributed by atoms with Gasteiger partial charge in [0.15, 0.2) is 11.6 Å². The SMILES string of the molecule is Cc1cccc(C)c1Oc1ccc(C(N)=S)cc1F. The zero-order chi connectivity index (χ0) is 14.0. The molecule has 0 radical (unpaired) electrons. The van der Waals surface area contributed by atoms with Gasteiger partial charge >= 0.3 is 0 Å². The highest BCUT2D eigenvalue weighted by atomic mass is 32.1. The maximum Gasteiger partial charge on any atom is 0.166 e. The molecular weight excluding hydrogens is 261 g/mol. The van der Waals surface area contributed by atoms with Crippen molar-refractivity contribution in [3.8, 4) is 11.5 Å². The van der Waals surface area contributed by atoms with Crippen LogP contribution in [0.5, 0.6) is 11.5 Å². The molecular formula is C15H14FNOS. The fourth-order valence-electron chi connectivity index (χ4n) is 1.81. The van der Waals surface area contributed by atoms with Crippen molar-refractivity contribution in [3.05, 3.63) is 58.9 Å². The van der Waals surface area contributed by atoms with Gasteiger partial charge in [-0.1, -0.05) is 30.4 Å². The summed E-state index contributed by atoms with van der Waals surface area (Å²) >= 11 is 4.81. The molecule has 2 nitrogen and oxygen atoms in total. The third kappa shape index (κ3) is 2.90. The van der Waals surface area contributed by atoms with Crippen molar-refractivity contribution in [3.63, 3.8) is 0 Å². The number of thiocarbonyl (C=S) groups is 1. The first-order chi connectivity index (χ1) is 8.99. The summed E-state index contributed by atoms with van der Waals surface area (Å²) in [6.07, 6.45) is 0. The van der Waals surface area contributed by atoms with Crippen LogP contribution in [0.2, 0.25) is 0 Å². The first-order valence-electron chi connectivity index (χ1n) is 5.82. The Labute approximate surface area is 117 Å². The summed E-state index contributed by atoms with van der Waals surface area (Å²) in [6.45, 7) is 3.84. The van der Waals surface area contributed by atoms with Gasteiger partial charge in [0.1, 0.15) is 10.7 Å². The number of hydrogen-bond acceptors (Lipinski definition) is 2. The molecule has 0 bridgehead atoms. The monoisotopic (exact) mass is 275 g/mol. The Morgan fingerprint density at radius 1 is 1.16 bits per heavy atom. The van der Waals surface area contributed by atoms with Crippen molar-refractivity contribution in [1.29, 1.82) is 0 Å². The molecule has 0 saturated carbocycles. The van der Waals surface area contributed by atoms with E-state index in [1.807, 2.05) is 32.0 Å². The average Bonchev–Trinajstić information content (AvgIpc) is 2.35. The fraction of sp³-hybridized carbons (Fsp3) is 0.133. The number of rotatable bonds is 3. The van der Waals surface area contributed by atoms with E-state index >= 15 is 0 Å². The molecule has 0 aromatic heterocycles. The fourth-order valence-corrected chi connectivity index (χ4v) is 1.93. The molecule has 4 heteroatoms. The second kappa shape index (κ2) is 5.36. The Balaban J connectivity index is 2.36. The molecule has 0 atom stereocenters. The third-order valence-electron chi connectivity index (χ3n) is 2.84. The van der Waals surface area contributed by atoms with E-state index in [0.29, 0.717) is 11.3 Å². The normalized spacial score (nSPS) is 10.3. The molecule has 0 amide bonds. The largest absolute Gasteiger partial charge is 0.454 e. The molecule has 0 saturated heterocycles. The van der Waals surface area contributed by atoms with Crippen LogP contribution in [0.1, 0.15) is 16.7 Å². The molecule has 2 aromatic carbocycles. The van der Waals surface area contributed by atoms with Crippen LogP contribution in [0.15, 0.2) is 36.4 Å². The molecule has 2 N–H and O–H groups in total. The van der Waals surface area contributed by atoms with E-state index in [0.717, 1.165) is 11.1 Å². The standard InChI is InChI=1S/C15H14FNOS/c1-9-4-3-5-10(2)14(9)18-13-7-6-11(15(17)19)8-12(13)16/h3-8H,1-2H3,(H2,17,19). The Morgan fingerprint density at radius 2 is 1.79 bits per heavy atom. The van der Waals surface area contributed by atoms with Gasteiger partial charge in [0.2, 0.25) is 0 Å². The van der Waals surface area contributed by atoms with Gasteiger partial charge in [-0.2, -0.15) is 0 Å². The van der Waals surface area contributed by atoms with Gasteiger partial charge in [-0.25, -0.2) is 4.39 Å². The van der Waals surface area contributed by atoms with Gasteiger partial charge in [-0.05, 0) is 43.2 Å². The van der Waals surface area contributed by atoms with E-state index in [-0.39, 0.29) is 10.7 Å². The summed E-state index contributed by atoms with van der Waals surface area (Å²) < 4.78 is 19.6. The quantitative estimate of drug-likeness (QED) is 0.864. The molecule has 0 heterocycles. The second-order valence-electron chi connectivity index (χ2n) is 4.33. The van der Waals surface area contributed by atoms with E-state index in [2.05, 4.69) is 0 Å². The zero-order valence-corrected chi connectivity index (χ0v) is 11.6. The smallest absolute Gasteiger partial charge is 0.166 e. The highest BCUT2D eigenvalue weighted by Gasteiger charge is 2.10. The van der Waals surface area contributed by atoms with Gasteiger partial charge < -0.3 is 10.5 Å². The molecule has 0 aliphatic rings. The molecule has 0 spiro atoms. The second-order valence-corrected chi connectivity index (χ2v) is 4.77. The van der Waals surface area contributed by atoms with E-state index in [1.54, 1.807) is 6.07 Å². The zero-order valence-electron chi connectivity index (χ0n) is 10.7. The lowest BCUT2D eigenvalue weighted by Crippen LogP contribution is -2.09. The van der Waals surface area contributed by atoms with Gasteiger partial charge in [-0.3, -0.25) is 0 Å². The number of nitrogens with two attached hydrogens (primary N) is 1. The van der Waals surface area contributed by atoms with Crippen LogP contribution in [0.25, 0.3) is 0 Å². The first-order valence-corrected chi connectivity index (χ1v) is 6.23. The minimum atomic E-state index is -0.479. The Morgan fingerprint density at radius 3 is 2.32 bits per heavy atom. The molecule has 0 fully saturated rings. The Hall–Kier alpha value is -1.94. The molecule has 0 unspecified atom stereocenters. The topological polar surface area (TPSA) is 35.2 Å². The van der Waals surface area contributed by atoms with Crippen molar-refractivity contribution in [2.75, 3.05) is 0 Å². The molecule has 98 valence electrons. The van der Waals surface area contributed by atoms with Crippen molar-refractivity contribution in [2.24, 2.45) is 5.73 Å². The summed E-state index contributed by atoms with van der Waals surface area (Å²) in [5, 5.41) is 0. The predicted molar refractivity (Wildman–Crippen MR) is 78.3 cm³/mol. The molecule has 2 aromatic rings. The lowest BCUT2D eigenvalue weighted by molar-refractivity contribution is 0.437. The van der Waals surface area contributed by atoms with Crippen LogP contribution in [-0.2, 0) is 0 Å². The van der Waals surface area contributed by atoms with Gasteiger partial charge in [0.25, 0.3) is 0 Å². The summed E-state index contributed by atoms with van der Waals surface area (Å²) in [4.78, 5) is 0.164. The first kappa shape index (κ1) is 13.5. The van der Waals surface area contributed by atoms with Crippen molar-refractivity contribution >= 4 is 17.2 Å². The van der Waals surface area contributed by atoms with Crippen LogP contribution in [0, 0.1) is 19.7 Å². The lowest BCUT2D eigenvalue weighted by Gasteiger charge is -2.12. The maximum atomic E-state index is 13.9. The maximum absolute atomic E-state index is 13.9. The van der Waals surface area contributed by atoms with Crippen molar-refractivity contribution in [2.45, 2.75) is 13.8 Å². The number of aryl methyl sites for hydroxylation is 2. The van der Waals surface area contributed by atoms with E-state index in [4.69, 9.17) is 22.7 Å². The van der Waals surface area contributed by atoms with Crippen LogP contribution < -0.4 is 10.5 Å². The number of hydrogen-bond donors (Lipinski definition) is 1. The third-order valence-corrected chi connectivity index (χ3v) is 3.07. The minimum Gasteiger partial charge on any atom is -0.454 e. The summed E-state index contributed by atoms with van der Waals surface area (Å²) in [6, 6.07) is 10.2. The highest BCUT2D eigenvalue weighted by Crippen LogP contribution is 2.30. The van der Waals surface area contributed by atoms with E-state index in [9.17, 15) is 4.39 Å². The van der Waals surface area contributed by atoms with Crippen LogP contribution in [-0.4, -0.2) is 4.99 Å². The van der Waals surface area contributed by atoms with E-state index < -0.39 is 5.82 Å². The minimum absolute atomic E-state index is 0.164. The molecule has 2 rings (SSSR count). The highest BCUT2D eigenvalue weighted by molar-refractivity contribution is 7.80.